The molecule has 0 aliphatic heterocycles. The number of hydrazone groups is 1. The van der Waals surface area contributed by atoms with Crippen molar-refractivity contribution in [2.24, 2.45) is 5.10 Å². The Morgan fingerprint density at radius 1 is 1.28 bits per heavy atom. The Morgan fingerprint density at radius 3 is 2.68 bits per heavy atom. The number of hydrogen-bond donors (Lipinski definition) is 1. The minimum atomic E-state index is -0.498. The predicted molar refractivity (Wildman–Crippen MR) is 95.0 cm³/mol. The lowest BCUT2D eigenvalue weighted by Gasteiger charge is -2.08. The van der Waals surface area contributed by atoms with E-state index in [1.165, 1.54) is 19.2 Å². The van der Waals surface area contributed by atoms with E-state index in [9.17, 15) is 9.18 Å². The molecule has 1 amide bonds. The molecule has 0 atom stereocenters. The Morgan fingerprint density at radius 2 is 2.04 bits per heavy atom. The molecule has 0 aliphatic carbocycles. The second-order valence-electron chi connectivity index (χ2n) is 5.28. The van der Waals surface area contributed by atoms with Crippen LogP contribution in [0.25, 0.3) is 0 Å². The summed E-state index contributed by atoms with van der Waals surface area (Å²) in [6, 6.07) is 9.56. The van der Waals surface area contributed by atoms with Crippen LogP contribution in [0.15, 0.2) is 41.5 Å². The van der Waals surface area contributed by atoms with Crippen molar-refractivity contribution in [3.8, 4) is 11.5 Å². The van der Waals surface area contributed by atoms with E-state index < -0.39 is 11.7 Å². The number of rotatable bonds is 6. The number of benzene rings is 2. The van der Waals surface area contributed by atoms with Crippen LogP contribution in [0.5, 0.6) is 11.5 Å². The maximum Gasteiger partial charge on any atom is 0.277 e. The van der Waals surface area contributed by atoms with Gasteiger partial charge in [0.2, 0.25) is 0 Å². The normalized spacial score (nSPS) is 11.2. The van der Waals surface area contributed by atoms with Crippen molar-refractivity contribution in [1.82, 2.24) is 5.43 Å². The number of amides is 1. The zero-order valence-corrected chi connectivity index (χ0v) is 14.9. The highest BCUT2D eigenvalue weighted by Crippen LogP contribution is 2.21. The lowest BCUT2D eigenvalue weighted by Crippen LogP contribution is -2.25. The Balaban J connectivity index is 1.92. The van der Waals surface area contributed by atoms with Crippen molar-refractivity contribution in [3.05, 3.63) is 58.4 Å². The van der Waals surface area contributed by atoms with Gasteiger partial charge in [-0.2, -0.15) is 5.10 Å². The Hall–Kier alpha value is -2.60. The third kappa shape index (κ3) is 5.19. The molecule has 5 nitrogen and oxygen atoms in total. The maximum atomic E-state index is 13.7. The van der Waals surface area contributed by atoms with E-state index in [2.05, 4.69) is 10.5 Å². The fourth-order valence-corrected chi connectivity index (χ4v) is 2.11. The first-order valence-electron chi connectivity index (χ1n) is 7.46. The summed E-state index contributed by atoms with van der Waals surface area (Å²) in [6.45, 7) is 3.30. The van der Waals surface area contributed by atoms with Gasteiger partial charge in [0.25, 0.3) is 5.91 Å². The van der Waals surface area contributed by atoms with Crippen LogP contribution in [0.4, 0.5) is 4.39 Å². The topological polar surface area (TPSA) is 59.9 Å². The second-order valence-corrected chi connectivity index (χ2v) is 5.69. The number of methoxy groups -OCH3 is 1. The highest BCUT2D eigenvalue weighted by Gasteiger charge is 2.07. The number of aryl methyl sites for hydroxylation is 1. The minimum absolute atomic E-state index is 0.146. The molecular weight excluding hydrogens is 347 g/mol. The molecule has 0 aliphatic rings. The van der Waals surface area contributed by atoms with Crippen molar-refractivity contribution in [2.75, 3.05) is 13.7 Å². The first-order chi connectivity index (χ1) is 11.9. The summed E-state index contributed by atoms with van der Waals surface area (Å²) < 4.78 is 23.9. The van der Waals surface area contributed by atoms with Crippen LogP contribution in [-0.4, -0.2) is 25.3 Å². The fourth-order valence-electron chi connectivity index (χ4n) is 1.99. The number of carbonyl (C=O) groups excluding carboxylic acids is 1. The molecule has 1 N–H and O–H groups in total. The van der Waals surface area contributed by atoms with Crippen LogP contribution in [0.3, 0.4) is 0 Å². The quantitative estimate of drug-likeness (QED) is 0.627. The van der Waals surface area contributed by atoms with E-state index in [-0.39, 0.29) is 12.4 Å². The van der Waals surface area contributed by atoms with Gasteiger partial charge in [-0.25, -0.2) is 9.82 Å². The average Bonchev–Trinajstić information content (AvgIpc) is 2.60. The smallest absolute Gasteiger partial charge is 0.277 e. The largest absolute Gasteiger partial charge is 0.494 e. The van der Waals surface area contributed by atoms with Gasteiger partial charge in [0.15, 0.2) is 18.2 Å². The Kier molecular flexibility index (Phi) is 6.36. The zero-order chi connectivity index (χ0) is 18.4. The minimum Gasteiger partial charge on any atom is -0.494 e. The molecule has 0 saturated heterocycles. The molecule has 2 aromatic rings. The lowest BCUT2D eigenvalue weighted by atomic mass is 10.1. The van der Waals surface area contributed by atoms with Crippen molar-refractivity contribution in [2.45, 2.75) is 13.8 Å². The molecule has 2 aromatic carbocycles. The highest BCUT2D eigenvalue weighted by atomic mass is 35.5. The summed E-state index contributed by atoms with van der Waals surface area (Å²) in [6.07, 6.45) is 0. The van der Waals surface area contributed by atoms with Crippen LogP contribution < -0.4 is 14.9 Å². The number of ether oxygens (including phenoxy) is 2. The maximum absolute atomic E-state index is 13.7. The van der Waals surface area contributed by atoms with Crippen LogP contribution in [0.1, 0.15) is 18.1 Å². The lowest BCUT2D eigenvalue weighted by molar-refractivity contribution is -0.123. The van der Waals surface area contributed by atoms with E-state index in [4.69, 9.17) is 21.1 Å². The van der Waals surface area contributed by atoms with Gasteiger partial charge in [0.05, 0.1) is 12.8 Å². The zero-order valence-electron chi connectivity index (χ0n) is 14.1. The molecule has 0 spiro atoms. The van der Waals surface area contributed by atoms with Gasteiger partial charge in [-0.05, 0) is 55.8 Å². The van der Waals surface area contributed by atoms with Gasteiger partial charge in [-0.3, -0.25) is 4.79 Å². The van der Waals surface area contributed by atoms with Crippen molar-refractivity contribution in [3.63, 3.8) is 0 Å². The summed E-state index contributed by atoms with van der Waals surface area (Å²) in [7, 11) is 1.39. The molecule has 0 saturated carbocycles. The summed E-state index contributed by atoms with van der Waals surface area (Å²) >= 11 is 5.93. The van der Waals surface area contributed by atoms with Gasteiger partial charge >= 0.3 is 0 Å². The molecule has 132 valence electrons. The molecule has 2 rings (SSSR count). The van der Waals surface area contributed by atoms with Crippen molar-refractivity contribution < 1.29 is 18.7 Å². The second kappa shape index (κ2) is 8.48. The van der Waals surface area contributed by atoms with Crippen LogP contribution in [0, 0.1) is 12.7 Å². The standard InChI is InChI=1S/C18H18ClFN2O3/c1-11-8-14(5-6-15(11)19)25-10-18(23)22-21-12(2)13-4-7-17(24-3)16(20)9-13/h4-9H,10H2,1-3H3,(H,22,23)/b21-12-. The van der Waals surface area contributed by atoms with Crippen molar-refractivity contribution in [1.29, 1.82) is 0 Å². The molecular formula is C18H18ClFN2O3. The first-order valence-corrected chi connectivity index (χ1v) is 7.84. The van der Waals surface area contributed by atoms with Crippen LogP contribution in [0.2, 0.25) is 5.02 Å². The third-order valence-electron chi connectivity index (χ3n) is 3.42. The van der Waals surface area contributed by atoms with E-state index in [1.807, 2.05) is 6.92 Å². The SMILES string of the molecule is COc1ccc(/C(C)=N\NC(=O)COc2ccc(Cl)c(C)c2)cc1F. The summed E-state index contributed by atoms with van der Waals surface area (Å²) in [4.78, 5) is 11.8. The summed E-state index contributed by atoms with van der Waals surface area (Å²) in [5.74, 6) is -0.245. The van der Waals surface area contributed by atoms with E-state index in [1.54, 1.807) is 31.2 Å². The van der Waals surface area contributed by atoms with Crippen molar-refractivity contribution >= 4 is 23.2 Å². The van der Waals surface area contributed by atoms with Gasteiger partial charge in [0.1, 0.15) is 5.75 Å². The summed E-state index contributed by atoms with van der Waals surface area (Å²) in [5, 5.41) is 4.57. The first kappa shape index (κ1) is 18.7. The number of carbonyl (C=O) groups is 1. The molecule has 0 aromatic heterocycles. The molecule has 0 fully saturated rings. The molecule has 7 heteroatoms. The van der Waals surface area contributed by atoms with E-state index in [0.717, 1.165) is 5.56 Å². The van der Waals surface area contributed by atoms with Crippen LogP contribution in [-0.2, 0) is 4.79 Å². The number of nitrogens with zero attached hydrogens (tertiary/aromatic N) is 1. The molecule has 0 heterocycles. The fraction of sp³-hybridized carbons (Fsp3) is 0.222. The number of nitrogens with one attached hydrogen (secondary N) is 1. The monoisotopic (exact) mass is 364 g/mol. The molecule has 0 radical (unpaired) electrons. The van der Waals surface area contributed by atoms with Gasteiger partial charge in [-0.15, -0.1) is 0 Å². The van der Waals surface area contributed by atoms with Gasteiger partial charge in [0, 0.05) is 10.6 Å². The molecule has 0 bridgehead atoms. The van der Waals surface area contributed by atoms with Gasteiger partial charge in [-0.1, -0.05) is 11.6 Å². The highest BCUT2D eigenvalue weighted by molar-refractivity contribution is 6.31. The third-order valence-corrected chi connectivity index (χ3v) is 3.84. The number of halogens is 2. The number of hydrogen-bond acceptors (Lipinski definition) is 4. The van der Waals surface area contributed by atoms with Crippen LogP contribution >= 0.6 is 11.6 Å². The predicted octanol–water partition coefficient (Wildman–Crippen LogP) is 3.72. The van der Waals surface area contributed by atoms with Gasteiger partial charge < -0.3 is 9.47 Å². The Labute approximate surface area is 150 Å². The average molecular weight is 365 g/mol. The van der Waals surface area contributed by atoms with E-state index >= 15 is 0 Å². The Bertz CT molecular complexity index is 809. The summed E-state index contributed by atoms with van der Waals surface area (Å²) in [5.41, 5.74) is 4.22. The van der Waals surface area contributed by atoms with E-state index in [0.29, 0.717) is 22.0 Å². The molecule has 0 unspecified atom stereocenters. The molecule has 25 heavy (non-hydrogen) atoms.